The van der Waals surface area contributed by atoms with E-state index in [9.17, 15) is 4.79 Å². The highest BCUT2D eigenvalue weighted by Crippen LogP contribution is 2.41. The Labute approximate surface area is 150 Å². The first-order valence-electron chi connectivity index (χ1n) is 9.42. The quantitative estimate of drug-likeness (QED) is 0.820. The molecule has 5 rings (SSSR count). The molecule has 2 aromatic rings. The normalized spacial score (nSPS) is 23.3. The summed E-state index contributed by atoms with van der Waals surface area (Å²) in [6, 6.07) is 2.18. The molecule has 0 N–H and O–H groups in total. The molecule has 3 aliphatic rings. The van der Waals surface area contributed by atoms with Gasteiger partial charge in [-0.3, -0.25) is 9.69 Å². The molecule has 1 unspecified atom stereocenters. The first-order valence-corrected chi connectivity index (χ1v) is 10.2. The fourth-order valence-electron chi connectivity index (χ4n) is 4.08. The highest BCUT2D eigenvalue weighted by molar-refractivity contribution is 7.11. The summed E-state index contributed by atoms with van der Waals surface area (Å²) in [6.07, 6.45) is 7.99. The maximum Gasteiger partial charge on any atom is 0.267 e. The third-order valence-electron chi connectivity index (χ3n) is 5.65. The van der Waals surface area contributed by atoms with Crippen molar-refractivity contribution in [2.45, 2.75) is 70.0 Å². The van der Waals surface area contributed by atoms with Crippen LogP contribution >= 0.6 is 11.3 Å². The summed E-state index contributed by atoms with van der Waals surface area (Å²) in [4.78, 5) is 14.8. The van der Waals surface area contributed by atoms with Gasteiger partial charge < -0.3 is 0 Å². The van der Waals surface area contributed by atoms with E-state index >= 15 is 0 Å². The van der Waals surface area contributed by atoms with E-state index < -0.39 is 0 Å². The summed E-state index contributed by atoms with van der Waals surface area (Å²) in [5, 5.41) is 15.7. The van der Waals surface area contributed by atoms with E-state index in [-0.39, 0.29) is 5.56 Å². The minimum Gasteiger partial charge on any atom is -0.292 e. The van der Waals surface area contributed by atoms with Crippen molar-refractivity contribution in [2.24, 2.45) is 0 Å². The smallest absolute Gasteiger partial charge is 0.267 e. The molecule has 1 atom stereocenters. The molecule has 0 bridgehead atoms. The Morgan fingerprint density at radius 1 is 1.16 bits per heavy atom. The average molecular weight is 357 g/mol. The fourth-order valence-corrected chi connectivity index (χ4v) is 5.12. The molecule has 0 aromatic carbocycles. The molecule has 0 spiro atoms. The first kappa shape index (κ1) is 15.6. The molecule has 2 fully saturated rings. The summed E-state index contributed by atoms with van der Waals surface area (Å²) < 4.78 is 1.70. The third-order valence-corrected chi connectivity index (χ3v) is 6.72. The number of aromatic nitrogens is 4. The Kier molecular flexibility index (Phi) is 3.93. The molecule has 25 heavy (non-hydrogen) atoms. The minimum absolute atomic E-state index is 0.0550. The second-order valence-corrected chi connectivity index (χ2v) is 8.66. The predicted molar refractivity (Wildman–Crippen MR) is 95.8 cm³/mol. The van der Waals surface area contributed by atoms with Gasteiger partial charge in [0.25, 0.3) is 5.56 Å². The van der Waals surface area contributed by atoms with Gasteiger partial charge in [0, 0.05) is 18.0 Å². The molecule has 7 heteroatoms. The van der Waals surface area contributed by atoms with Crippen molar-refractivity contribution in [1.82, 2.24) is 24.9 Å². The lowest BCUT2D eigenvalue weighted by Crippen LogP contribution is -2.37. The van der Waals surface area contributed by atoms with Crippen LogP contribution in [-0.4, -0.2) is 37.5 Å². The van der Waals surface area contributed by atoms with Crippen molar-refractivity contribution in [3.05, 3.63) is 37.7 Å². The largest absolute Gasteiger partial charge is 0.292 e. The van der Waals surface area contributed by atoms with Crippen molar-refractivity contribution >= 4 is 11.3 Å². The third kappa shape index (κ3) is 3.15. The van der Waals surface area contributed by atoms with E-state index in [1.807, 2.05) is 0 Å². The number of fused-ring (bicyclic) bond motifs is 1. The zero-order valence-electron chi connectivity index (χ0n) is 14.4. The summed E-state index contributed by atoms with van der Waals surface area (Å²) in [7, 11) is 0. The number of aryl methyl sites for hydroxylation is 2. The van der Waals surface area contributed by atoms with Crippen LogP contribution in [0.4, 0.5) is 0 Å². The summed E-state index contributed by atoms with van der Waals surface area (Å²) in [5.41, 5.74) is 2.34. The zero-order valence-corrected chi connectivity index (χ0v) is 15.2. The van der Waals surface area contributed by atoms with Crippen LogP contribution in [0.2, 0.25) is 0 Å². The van der Waals surface area contributed by atoms with Gasteiger partial charge in [0.15, 0.2) is 0 Å². The van der Waals surface area contributed by atoms with Crippen molar-refractivity contribution in [3.63, 3.8) is 0 Å². The van der Waals surface area contributed by atoms with Crippen LogP contribution in [0.1, 0.15) is 59.3 Å². The lowest BCUT2D eigenvalue weighted by atomic mass is 10.2. The molecular formula is C18H23N5OS. The van der Waals surface area contributed by atoms with Crippen LogP contribution in [0.25, 0.3) is 0 Å². The second-order valence-electron chi connectivity index (χ2n) is 7.57. The molecule has 2 aliphatic carbocycles. The predicted octanol–water partition coefficient (Wildman–Crippen LogP) is 2.13. The molecule has 3 heterocycles. The SMILES string of the molecule is O=c1cc2c(nn1CC1CCCN1Cc1nnc(C3CC3)s1)CCC2. The molecule has 1 saturated heterocycles. The molecule has 0 amide bonds. The number of rotatable bonds is 5. The highest BCUT2D eigenvalue weighted by atomic mass is 32.1. The standard InChI is InChI=1S/C18H23N5OS/c24-17-9-13-3-1-5-15(13)21-23(17)10-14-4-2-8-22(14)11-16-19-20-18(25-16)12-6-7-12/h9,12,14H,1-8,10-11H2. The molecule has 132 valence electrons. The van der Waals surface area contributed by atoms with Gasteiger partial charge in [-0.05, 0) is 57.1 Å². The number of nitrogens with zero attached hydrogens (tertiary/aromatic N) is 5. The van der Waals surface area contributed by atoms with E-state index in [2.05, 4.69) is 20.2 Å². The molecular weight excluding hydrogens is 334 g/mol. The lowest BCUT2D eigenvalue weighted by molar-refractivity contribution is 0.215. The fraction of sp³-hybridized carbons (Fsp3) is 0.667. The van der Waals surface area contributed by atoms with Crippen LogP contribution in [-0.2, 0) is 25.9 Å². The molecule has 6 nitrogen and oxygen atoms in total. The Morgan fingerprint density at radius 2 is 2.08 bits per heavy atom. The average Bonchev–Trinajstić information content (AvgIpc) is 2.98. The lowest BCUT2D eigenvalue weighted by Gasteiger charge is -2.23. The van der Waals surface area contributed by atoms with Gasteiger partial charge in [0.05, 0.1) is 18.8 Å². The van der Waals surface area contributed by atoms with E-state index in [0.717, 1.165) is 55.0 Å². The van der Waals surface area contributed by atoms with Gasteiger partial charge in [-0.2, -0.15) is 5.10 Å². The van der Waals surface area contributed by atoms with Crippen LogP contribution in [0.3, 0.4) is 0 Å². The Balaban J connectivity index is 1.30. The van der Waals surface area contributed by atoms with E-state index in [0.29, 0.717) is 18.5 Å². The van der Waals surface area contributed by atoms with Crippen molar-refractivity contribution in [2.75, 3.05) is 6.54 Å². The van der Waals surface area contributed by atoms with Gasteiger partial charge >= 0.3 is 0 Å². The Bertz CT molecular complexity index is 840. The van der Waals surface area contributed by atoms with Gasteiger partial charge in [-0.1, -0.05) is 11.3 Å². The van der Waals surface area contributed by atoms with Crippen LogP contribution in [0.5, 0.6) is 0 Å². The van der Waals surface area contributed by atoms with Crippen LogP contribution in [0, 0.1) is 0 Å². The van der Waals surface area contributed by atoms with Gasteiger partial charge in [0.2, 0.25) is 0 Å². The topological polar surface area (TPSA) is 63.9 Å². The van der Waals surface area contributed by atoms with Crippen molar-refractivity contribution < 1.29 is 0 Å². The van der Waals surface area contributed by atoms with E-state index in [1.54, 1.807) is 22.1 Å². The number of hydrogen-bond donors (Lipinski definition) is 0. The van der Waals surface area contributed by atoms with Gasteiger partial charge in [0.1, 0.15) is 10.0 Å². The van der Waals surface area contributed by atoms with Crippen LogP contribution in [0.15, 0.2) is 10.9 Å². The summed E-state index contributed by atoms with van der Waals surface area (Å²) in [6.45, 7) is 2.62. The maximum atomic E-state index is 12.4. The number of hydrogen-bond acceptors (Lipinski definition) is 6. The summed E-state index contributed by atoms with van der Waals surface area (Å²) >= 11 is 1.77. The first-order chi connectivity index (χ1) is 12.3. The van der Waals surface area contributed by atoms with Crippen molar-refractivity contribution in [3.8, 4) is 0 Å². The highest BCUT2D eigenvalue weighted by Gasteiger charge is 2.30. The number of likely N-dealkylation sites (tertiary alicyclic amines) is 1. The minimum atomic E-state index is 0.0550. The zero-order chi connectivity index (χ0) is 16.8. The van der Waals surface area contributed by atoms with Crippen molar-refractivity contribution in [1.29, 1.82) is 0 Å². The Morgan fingerprint density at radius 3 is 2.96 bits per heavy atom. The molecule has 1 aliphatic heterocycles. The molecule has 0 radical (unpaired) electrons. The molecule has 2 aromatic heterocycles. The van der Waals surface area contributed by atoms with Crippen LogP contribution < -0.4 is 5.56 Å². The molecule has 1 saturated carbocycles. The Hall–Kier alpha value is -1.60. The second kappa shape index (κ2) is 6.29. The van der Waals surface area contributed by atoms with Gasteiger partial charge in [-0.25, -0.2) is 4.68 Å². The van der Waals surface area contributed by atoms with E-state index in [4.69, 9.17) is 0 Å². The van der Waals surface area contributed by atoms with E-state index in [1.165, 1.54) is 24.3 Å². The monoisotopic (exact) mass is 357 g/mol. The maximum absolute atomic E-state index is 12.4. The van der Waals surface area contributed by atoms with Gasteiger partial charge in [-0.15, -0.1) is 10.2 Å². The summed E-state index contributed by atoms with van der Waals surface area (Å²) in [5.74, 6) is 0.676.